The van der Waals surface area contributed by atoms with Gasteiger partial charge in [-0.2, -0.15) is 9.78 Å². The highest BCUT2D eigenvalue weighted by Crippen LogP contribution is 2.30. The molecular weight excluding hydrogens is 660 g/mol. The third-order valence-electron chi connectivity index (χ3n) is 5.25. The molecule has 4 aromatic rings. The molecule has 0 aliphatic heterocycles. The minimum Gasteiger partial charge on any atom is -0.482 e. The summed E-state index contributed by atoms with van der Waals surface area (Å²) >= 11 is 10.2. The van der Waals surface area contributed by atoms with Gasteiger partial charge in [0.05, 0.1) is 22.0 Å². The number of ether oxygens (including phenoxy) is 1. The number of hydrogen-bond acceptors (Lipinski definition) is 6. The Morgan fingerprint density at radius 1 is 1.08 bits per heavy atom. The first-order valence-electron chi connectivity index (χ1n) is 10.8. The van der Waals surface area contributed by atoms with Crippen LogP contribution in [0.2, 0.25) is 0 Å². The van der Waals surface area contributed by atoms with E-state index in [1.807, 2.05) is 38.1 Å². The molecule has 4 rings (SSSR count). The number of fused-ring (bicyclic) bond motifs is 1. The van der Waals surface area contributed by atoms with Crippen molar-refractivity contribution in [3.63, 3.8) is 0 Å². The van der Waals surface area contributed by atoms with Crippen LogP contribution in [0.15, 0.2) is 77.9 Å². The molecule has 8 nitrogen and oxygen atoms in total. The van der Waals surface area contributed by atoms with Gasteiger partial charge in [0.1, 0.15) is 12.4 Å². The van der Waals surface area contributed by atoms with Crippen LogP contribution in [0.1, 0.15) is 36.7 Å². The van der Waals surface area contributed by atoms with Gasteiger partial charge in [0.25, 0.3) is 5.56 Å². The van der Waals surface area contributed by atoms with Gasteiger partial charge in [0.2, 0.25) is 0 Å². The number of nitrogens with zero attached hydrogens (tertiary/aromatic N) is 4. The molecule has 0 bridgehead atoms. The van der Waals surface area contributed by atoms with Crippen LogP contribution in [0.3, 0.4) is 0 Å². The minimum absolute atomic E-state index is 0.0778. The van der Waals surface area contributed by atoms with Gasteiger partial charge in [-0.15, -0.1) is 0 Å². The van der Waals surface area contributed by atoms with Crippen molar-refractivity contribution < 1.29 is 9.66 Å². The number of hydrogen-bond donors (Lipinski definition) is 0. The monoisotopic (exact) mass is 676 g/mol. The molecule has 0 aliphatic carbocycles. The molecule has 1 heterocycles. The highest BCUT2D eigenvalue weighted by Gasteiger charge is 2.17. The smallest absolute Gasteiger partial charge is 0.311 e. The number of benzene rings is 3. The van der Waals surface area contributed by atoms with Crippen LogP contribution in [0.5, 0.6) is 5.75 Å². The third kappa shape index (κ3) is 5.74. The highest BCUT2D eigenvalue weighted by atomic mass is 79.9. The molecule has 36 heavy (non-hydrogen) atoms. The highest BCUT2D eigenvalue weighted by molar-refractivity contribution is 9.11. The van der Waals surface area contributed by atoms with Crippen LogP contribution in [0, 0.1) is 10.1 Å². The van der Waals surface area contributed by atoms with E-state index in [0.29, 0.717) is 22.3 Å². The molecule has 184 valence electrons. The number of halogens is 3. The van der Waals surface area contributed by atoms with E-state index in [4.69, 9.17) is 4.74 Å². The summed E-state index contributed by atoms with van der Waals surface area (Å²) in [6.45, 7) is 3.98. The first kappa shape index (κ1) is 26.2. The Morgan fingerprint density at radius 2 is 1.81 bits per heavy atom. The largest absolute Gasteiger partial charge is 0.482 e. The molecule has 0 saturated carbocycles. The summed E-state index contributed by atoms with van der Waals surface area (Å²) in [5.74, 6) is 0.538. The Hall–Kier alpha value is -2.89. The average molecular weight is 679 g/mol. The molecule has 11 heteroatoms. The van der Waals surface area contributed by atoms with E-state index in [9.17, 15) is 14.9 Å². The van der Waals surface area contributed by atoms with E-state index in [1.165, 1.54) is 23.0 Å². The molecule has 3 aromatic carbocycles. The second kappa shape index (κ2) is 11.0. The molecule has 1 aromatic heterocycles. The lowest BCUT2D eigenvalue weighted by molar-refractivity contribution is -0.385. The summed E-state index contributed by atoms with van der Waals surface area (Å²) in [6, 6.07) is 15.4. The molecule has 0 radical (unpaired) electrons. The zero-order chi connectivity index (χ0) is 26.0. The molecular formula is C25H19Br3N4O4. The van der Waals surface area contributed by atoms with Gasteiger partial charge >= 0.3 is 5.69 Å². The second-order valence-electron chi connectivity index (χ2n) is 8.16. The quantitative estimate of drug-likeness (QED) is 0.117. The first-order valence-corrected chi connectivity index (χ1v) is 13.1. The number of nitro groups is 1. The van der Waals surface area contributed by atoms with Crippen molar-refractivity contribution in [2.75, 3.05) is 0 Å². The van der Waals surface area contributed by atoms with Gasteiger partial charge in [-0.05, 0) is 42.5 Å². The van der Waals surface area contributed by atoms with E-state index in [0.717, 1.165) is 19.0 Å². The normalized spacial score (nSPS) is 11.5. The Kier molecular flexibility index (Phi) is 8.01. The van der Waals surface area contributed by atoms with E-state index in [-0.39, 0.29) is 29.5 Å². The number of nitro benzene ring substituents is 1. The fourth-order valence-electron chi connectivity index (χ4n) is 3.45. The van der Waals surface area contributed by atoms with E-state index in [1.54, 1.807) is 18.2 Å². The minimum atomic E-state index is -0.510. The summed E-state index contributed by atoms with van der Waals surface area (Å²) in [7, 11) is 0. The van der Waals surface area contributed by atoms with Crippen molar-refractivity contribution >= 4 is 70.6 Å². The lowest BCUT2D eigenvalue weighted by atomic mass is 10.2. The summed E-state index contributed by atoms with van der Waals surface area (Å²) in [5.41, 5.74) is 1.33. The van der Waals surface area contributed by atoms with E-state index in [2.05, 4.69) is 57.9 Å². The Labute approximate surface area is 231 Å². The summed E-state index contributed by atoms with van der Waals surface area (Å²) < 4.78 is 9.47. The molecule has 0 saturated heterocycles. The van der Waals surface area contributed by atoms with Gasteiger partial charge in [0, 0.05) is 36.5 Å². The van der Waals surface area contributed by atoms with Crippen molar-refractivity contribution in [3.05, 3.63) is 105 Å². The van der Waals surface area contributed by atoms with Crippen molar-refractivity contribution in [1.29, 1.82) is 0 Å². The van der Waals surface area contributed by atoms with Crippen LogP contribution < -0.4 is 10.3 Å². The zero-order valence-electron chi connectivity index (χ0n) is 19.1. The lowest BCUT2D eigenvalue weighted by Crippen LogP contribution is -2.23. The summed E-state index contributed by atoms with van der Waals surface area (Å²) in [4.78, 5) is 29.0. The molecule has 0 fully saturated rings. The first-order chi connectivity index (χ1) is 17.1. The zero-order valence-corrected chi connectivity index (χ0v) is 23.9. The van der Waals surface area contributed by atoms with Crippen LogP contribution in [-0.2, 0) is 6.61 Å². The topological polar surface area (TPSA) is 99.6 Å². The molecule has 0 amide bonds. The number of aromatic nitrogens is 2. The van der Waals surface area contributed by atoms with Gasteiger partial charge < -0.3 is 4.74 Å². The predicted octanol–water partition coefficient (Wildman–Crippen LogP) is 7.18. The molecule has 0 aliphatic rings. The van der Waals surface area contributed by atoms with Crippen LogP contribution >= 0.6 is 47.8 Å². The third-order valence-corrected chi connectivity index (χ3v) is 6.97. The Bertz CT molecular complexity index is 1570. The van der Waals surface area contributed by atoms with Crippen molar-refractivity contribution in [1.82, 2.24) is 9.66 Å². The molecule has 0 N–H and O–H groups in total. The predicted molar refractivity (Wildman–Crippen MR) is 150 cm³/mol. The van der Waals surface area contributed by atoms with Crippen LogP contribution in [0.25, 0.3) is 10.9 Å². The van der Waals surface area contributed by atoms with Crippen molar-refractivity contribution in [2.45, 2.75) is 26.4 Å². The van der Waals surface area contributed by atoms with Crippen LogP contribution in [-0.4, -0.2) is 20.8 Å². The van der Waals surface area contributed by atoms with Crippen molar-refractivity contribution in [3.8, 4) is 5.75 Å². The SMILES string of the molecule is CC(C)c1nc2ccc(Br)cc2c(=O)n1N=Cc1ccc(OCc2ccc(Br)cc2Br)c([N+](=O)[O-])c1. The van der Waals surface area contributed by atoms with Gasteiger partial charge in [-0.3, -0.25) is 14.9 Å². The van der Waals surface area contributed by atoms with Gasteiger partial charge in [-0.25, -0.2) is 4.98 Å². The second-order valence-corrected chi connectivity index (χ2v) is 10.8. The maximum atomic E-state index is 13.2. The maximum Gasteiger partial charge on any atom is 0.311 e. The van der Waals surface area contributed by atoms with E-state index < -0.39 is 4.92 Å². The van der Waals surface area contributed by atoms with Gasteiger partial charge in [-0.1, -0.05) is 67.7 Å². The Morgan fingerprint density at radius 3 is 2.50 bits per heavy atom. The summed E-state index contributed by atoms with van der Waals surface area (Å²) in [5, 5.41) is 16.5. The number of rotatable bonds is 7. The van der Waals surface area contributed by atoms with Crippen LogP contribution in [0.4, 0.5) is 5.69 Å². The fourth-order valence-corrected chi connectivity index (χ4v) is 4.97. The molecule has 0 atom stereocenters. The molecule has 0 unspecified atom stereocenters. The lowest BCUT2D eigenvalue weighted by Gasteiger charge is -2.12. The van der Waals surface area contributed by atoms with Gasteiger partial charge in [0.15, 0.2) is 5.75 Å². The fraction of sp³-hybridized carbons (Fsp3) is 0.160. The van der Waals surface area contributed by atoms with E-state index >= 15 is 0 Å². The summed E-state index contributed by atoms with van der Waals surface area (Å²) in [6.07, 6.45) is 1.40. The maximum absolute atomic E-state index is 13.2. The Balaban J connectivity index is 1.67. The average Bonchev–Trinajstić information content (AvgIpc) is 2.83. The standard InChI is InChI=1S/C25H19Br3N4O4/c1-14(2)24-30-21-7-6-17(26)10-19(21)25(33)31(24)29-12-15-3-8-23(22(9-15)32(34)35)36-13-16-4-5-18(27)11-20(16)28/h3-12,14H,13H2,1-2H3. The van der Waals surface area contributed by atoms with Crippen molar-refractivity contribution in [2.24, 2.45) is 5.10 Å². The molecule has 0 spiro atoms.